The first-order valence-electron chi connectivity index (χ1n) is 6.06. The van der Waals surface area contributed by atoms with Crippen LogP contribution in [0.15, 0.2) is 29.9 Å². The van der Waals surface area contributed by atoms with Crippen LogP contribution < -0.4 is 5.32 Å². The molecule has 0 aromatic carbocycles. The van der Waals surface area contributed by atoms with Crippen molar-refractivity contribution >= 4 is 23.1 Å². The lowest BCUT2D eigenvalue weighted by atomic mass is 10.1. The van der Waals surface area contributed by atoms with Crippen molar-refractivity contribution in [3.8, 4) is 0 Å². The minimum atomic E-state index is -1.07. The van der Waals surface area contributed by atoms with Gasteiger partial charge in [0.2, 0.25) is 0 Å². The zero-order valence-electron chi connectivity index (χ0n) is 10.5. The summed E-state index contributed by atoms with van der Waals surface area (Å²) >= 11 is 1.65. The van der Waals surface area contributed by atoms with E-state index in [2.05, 4.69) is 22.2 Å². The largest absolute Gasteiger partial charge is 0.476 e. The predicted octanol–water partition coefficient (Wildman–Crippen LogP) is 3.19. The van der Waals surface area contributed by atoms with Crippen LogP contribution in [0.2, 0.25) is 0 Å². The van der Waals surface area contributed by atoms with Gasteiger partial charge in [0.15, 0.2) is 11.5 Å². The lowest BCUT2D eigenvalue weighted by Gasteiger charge is -2.18. The van der Waals surface area contributed by atoms with E-state index in [9.17, 15) is 4.79 Å². The molecule has 0 radical (unpaired) electrons. The summed E-state index contributed by atoms with van der Waals surface area (Å²) in [5.74, 6) is -0.751. The smallest absolute Gasteiger partial charge is 0.358 e. The van der Waals surface area contributed by atoms with Gasteiger partial charge in [-0.15, -0.1) is 11.3 Å². The Morgan fingerprint density at radius 1 is 1.47 bits per heavy atom. The first-order valence-corrected chi connectivity index (χ1v) is 6.94. The average molecular weight is 277 g/mol. The molecule has 19 heavy (non-hydrogen) atoms. The summed E-state index contributed by atoms with van der Waals surface area (Å²) in [5.41, 5.74) is -0.0415. The third-order valence-corrected chi connectivity index (χ3v) is 3.66. The number of hydrogen-bond acceptors (Lipinski definition) is 5. The molecule has 0 amide bonds. The molecule has 2 aromatic rings. The summed E-state index contributed by atoms with van der Waals surface area (Å²) in [5, 5.41) is 14.3. The molecule has 0 aliphatic rings. The molecule has 2 rings (SSSR count). The van der Waals surface area contributed by atoms with Gasteiger partial charge in [0.1, 0.15) is 0 Å². The summed E-state index contributed by atoms with van der Waals surface area (Å²) in [7, 11) is 0. The minimum absolute atomic E-state index is 0.0415. The highest BCUT2D eigenvalue weighted by molar-refractivity contribution is 7.10. The number of nitrogens with one attached hydrogen (secondary N) is 1. The molecule has 0 saturated carbocycles. The number of aromatic carboxylic acids is 1. The van der Waals surface area contributed by atoms with Crippen LogP contribution in [0, 0.1) is 0 Å². The van der Waals surface area contributed by atoms with Gasteiger partial charge >= 0.3 is 5.97 Å². The molecule has 1 unspecified atom stereocenters. The Morgan fingerprint density at radius 2 is 2.26 bits per heavy atom. The molecule has 2 N–H and O–H groups in total. The van der Waals surface area contributed by atoms with E-state index in [0.29, 0.717) is 5.82 Å². The number of carboxylic acid groups (broad SMARTS) is 1. The molecule has 1 atom stereocenters. The van der Waals surface area contributed by atoms with Gasteiger partial charge in [-0.1, -0.05) is 19.4 Å². The van der Waals surface area contributed by atoms with Crippen LogP contribution in [0.5, 0.6) is 0 Å². The number of anilines is 1. The highest BCUT2D eigenvalue weighted by Gasteiger charge is 2.18. The minimum Gasteiger partial charge on any atom is -0.476 e. The van der Waals surface area contributed by atoms with Crippen molar-refractivity contribution in [2.45, 2.75) is 25.8 Å². The number of hydrogen-bond donors (Lipinski definition) is 2. The van der Waals surface area contributed by atoms with E-state index in [1.807, 2.05) is 17.5 Å². The summed E-state index contributed by atoms with van der Waals surface area (Å²) in [6, 6.07) is 4.09. The first-order chi connectivity index (χ1) is 9.22. The second kappa shape index (κ2) is 6.29. The van der Waals surface area contributed by atoms with Crippen molar-refractivity contribution in [3.63, 3.8) is 0 Å². The fourth-order valence-corrected chi connectivity index (χ4v) is 2.64. The highest BCUT2D eigenvalue weighted by atomic mass is 32.1. The van der Waals surface area contributed by atoms with E-state index < -0.39 is 5.97 Å². The molecule has 2 aromatic heterocycles. The van der Waals surface area contributed by atoms with Crippen molar-refractivity contribution in [2.75, 3.05) is 5.32 Å². The standard InChI is InChI=1S/C13H15N3O2S/c1-2-4-9(10-5-3-8-19-10)16-12-11(13(17)18)14-6-7-15-12/h3,5-9H,2,4H2,1H3,(H,15,16)(H,17,18). The Labute approximate surface area is 115 Å². The maximum atomic E-state index is 11.1. The Kier molecular flexibility index (Phi) is 4.46. The van der Waals surface area contributed by atoms with E-state index in [4.69, 9.17) is 5.11 Å². The molecule has 0 saturated heterocycles. The lowest BCUT2D eigenvalue weighted by molar-refractivity contribution is 0.0691. The van der Waals surface area contributed by atoms with Crippen molar-refractivity contribution in [1.82, 2.24) is 9.97 Å². The Morgan fingerprint density at radius 3 is 2.89 bits per heavy atom. The fourth-order valence-electron chi connectivity index (χ4n) is 1.83. The van der Waals surface area contributed by atoms with Gasteiger partial charge in [-0.25, -0.2) is 14.8 Å². The number of carboxylic acids is 1. The quantitative estimate of drug-likeness (QED) is 0.848. The van der Waals surface area contributed by atoms with Crippen LogP contribution in [0.3, 0.4) is 0 Å². The summed E-state index contributed by atoms with van der Waals surface area (Å²) in [4.78, 5) is 20.2. The Balaban J connectivity index is 2.25. The molecule has 6 heteroatoms. The second-order valence-corrected chi connectivity index (χ2v) is 5.04. The van der Waals surface area contributed by atoms with Gasteiger partial charge < -0.3 is 10.4 Å². The predicted molar refractivity (Wildman–Crippen MR) is 74.6 cm³/mol. The van der Waals surface area contributed by atoms with E-state index >= 15 is 0 Å². The van der Waals surface area contributed by atoms with Gasteiger partial charge in [-0.05, 0) is 17.9 Å². The van der Waals surface area contributed by atoms with Gasteiger partial charge in [0, 0.05) is 17.3 Å². The van der Waals surface area contributed by atoms with Crippen LogP contribution in [0.25, 0.3) is 0 Å². The van der Waals surface area contributed by atoms with Crippen LogP contribution in [-0.2, 0) is 0 Å². The molecule has 100 valence electrons. The molecule has 0 spiro atoms. The van der Waals surface area contributed by atoms with Crippen molar-refractivity contribution < 1.29 is 9.90 Å². The second-order valence-electron chi connectivity index (χ2n) is 4.06. The first kappa shape index (κ1) is 13.5. The molecule has 0 bridgehead atoms. The van der Waals surface area contributed by atoms with Crippen molar-refractivity contribution in [1.29, 1.82) is 0 Å². The van der Waals surface area contributed by atoms with E-state index in [0.717, 1.165) is 12.8 Å². The molecule has 5 nitrogen and oxygen atoms in total. The number of aromatic nitrogens is 2. The molecule has 2 heterocycles. The van der Waals surface area contributed by atoms with Crippen LogP contribution in [0.1, 0.15) is 41.2 Å². The van der Waals surface area contributed by atoms with Gasteiger partial charge in [-0.3, -0.25) is 0 Å². The molecular formula is C13H15N3O2S. The van der Waals surface area contributed by atoms with Gasteiger partial charge in [-0.2, -0.15) is 0 Å². The molecule has 0 fully saturated rings. The number of carbonyl (C=O) groups is 1. The maximum Gasteiger partial charge on any atom is 0.358 e. The average Bonchev–Trinajstić information content (AvgIpc) is 2.92. The zero-order valence-corrected chi connectivity index (χ0v) is 11.4. The molecule has 0 aliphatic carbocycles. The van der Waals surface area contributed by atoms with E-state index in [-0.39, 0.29) is 11.7 Å². The summed E-state index contributed by atoms with van der Waals surface area (Å²) in [6.07, 6.45) is 4.79. The topological polar surface area (TPSA) is 75.1 Å². The number of thiophene rings is 1. The number of nitrogens with zero attached hydrogens (tertiary/aromatic N) is 2. The van der Waals surface area contributed by atoms with E-state index in [1.165, 1.54) is 17.3 Å². The Hall–Kier alpha value is -1.95. The fraction of sp³-hybridized carbons (Fsp3) is 0.308. The van der Waals surface area contributed by atoms with Gasteiger partial charge in [0.05, 0.1) is 6.04 Å². The van der Waals surface area contributed by atoms with Gasteiger partial charge in [0.25, 0.3) is 0 Å². The van der Waals surface area contributed by atoms with E-state index in [1.54, 1.807) is 11.3 Å². The van der Waals surface area contributed by atoms with Crippen LogP contribution in [0.4, 0.5) is 5.82 Å². The number of rotatable bonds is 6. The SMILES string of the molecule is CCCC(Nc1nccnc1C(=O)O)c1cccs1. The highest BCUT2D eigenvalue weighted by Crippen LogP contribution is 2.27. The van der Waals surface area contributed by atoms with Crippen LogP contribution >= 0.6 is 11.3 Å². The molecule has 0 aliphatic heterocycles. The third kappa shape index (κ3) is 3.29. The third-order valence-electron chi connectivity index (χ3n) is 2.68. The van der Waals surface area contributed by atoms with Crippen molar-refractivity contribution in [2.24, 2.45) is 0 Å². The maximum absolute atomic E-state index is 11.1. The van der Waals surface area contributed by atoms with Crippen LogP contribution in [-0.4, -0.2) is 21.0 Å². The summed E-state index contributed by atoms with van der Waals surface area (Å²) in [6.45, 7) is 2.09. The summed E-state index contributed by atoms with van der Waals surface area (Å²) < 4.78 is 0. The zero-order chi connectivity index (χ0) is 13.7. The normalized spacial score (nSPS) is 12.1. The van der Waals surface area contributed by atoms with Crippen molar-refractivity contribution in [3.05, 3.63) is 40.5 Å². The lowest BCUT2D eigenvalue weighted by Crippen LogP contribution is -2.15. The monoisotopic (exact) mass is 277 g/mol. The Bertz CT molecular complexity index is 543. The molecular weight excluding hydrogens is 262 g/mol.